The van der Waals surface area contributed by atoms with Gasteiger partial charge < -0.3 is 20.1 Å². The largest absolute Gasteiger partial charge is 0.493 e. The number of anilines is 1. The van der Waals surface area contributed by atoms with Gasteiger partial charge in [-0.1, -0.05) is 23.7 Å². The summed E-state index contributed by atoms with van der Waals surface area (Å²) >= 11 is 6.05. The zero-order valence-corrected chi connectivity index (χ0v) is 15.5. The van der Waals surface area contributed by atoms with Gasteiger partial charge in [0, 0.05) is 37.3 Å². The van der Waals surface area contributed by atoms with Crippen LogP contribution >= 0.6 is 11.6 Å². The fourth-order valence-corrected chi connectivity index (χ4v) is 2.68. The Morgan fingerprint density at radius 3 is 2.69 bits per heavy atom. The molecule has 0 fully saturated rings. The lowest BCUT2D eigenvalue weighted by molar-refractivity contribution is -0.384. The van der Waals surface area contributed by atoms with Gasteiger partial charge in [0.05, 0.1) is 29.4 Å². The summed E-state index contributed by atoms with van der Waals surface area (Å²) in [6.07, 6.45) is 0. The minimum atomic E-state index is -0.471. The summed E-state index contributed by atoms with van der Waals surface area (Å²) in [6, 6.07) is 10.1. The number of halogens is 1. The molecule has 2 N–H and O–H groups in total. The lowest BCUT2D eigenvalue weighted by Crippen LogP contribution is -2.22. The molecule has 2 aromatic rings. The maximum Gasteiger partial charge on any atom is 0.271 e. The average Bonchev–Trinajstić information content (AvgIpc) is 2.63. The molecule has 140 valence electrons. The molecule has 0 amide bonds. The molecule has 26 heavy (non-hydrogen) atoms. The number of nitrogens with zero attached hydrogens (tertiary/aromatic N) is 1. The van der Waals surface area contributed by atoms with E-state index in [1.54, 1.807) is 13.2 Å². The molecule has 2 rings (SSSR count). The Morgan fingerprint density at radius 1 is 1.23 bits per heavy atom. The molecule has 0 radical (unpaired) electrons. The Labute approximate surface area is 157 Å². The highest BCUT2D eigenvalue weighted by molar-refractivity contribution is 6.33. The van der Waals surface area contributed by atoms with E-state index in [-0.39, 0.29) is 5.69 Å². The molecule has 8 heteroatoms. The van der Waals surface area contributed by atoms with E-state index in [9.17, 15) is 10.1 Å². The van der Waals surface area contributed by atoms with Gasteiger partial charge in [-0.2, -0.15) is 0 Å². The third-order valence-electron chi connectivity index (χ3n) is 3.67. The second-order valence-corrected chi connectivity index (χ2v) is 5.81. The molecule has 0 aliphatic heterocycles. The molecule has 0 aromatic heterocycles. The minimum Gasteiger partial charge on any atom is -0.493 e. The Morgan fingerprint density at radius 2 is 2.04 bits per heavy atom. The van der Waals surface area contributed by atoms with Crippen LogP contribution in [0.2, 0.25) is 5.02 Å². The molecule has 0 aliphatic rings. The number of nitrogens with one attached hydrogen (secondary N) is 2. The van der Waals surface area contributed by atoms with Crippen LogP contribution in [0.15, 0.2) is 36.4 Å². The van der Waals surface area contributed by atoms with Gasteiger partial charge in [-0.15, -0.1) is 0 Å². The normalized spacial score (nSPS) is 10.4. The highest BCUT2D eigenvalue weighted by Gasteiger charge is 2.10. The number of non-ortho nitro benzene ring substituents is 1. The first-order valence-corrected chi connectivity index (χ1v) is 8.61. The molecule has 0 bridgehead atoms. The molecule has 0 unspecified atom stereocenters. The summed E-state index contributed by atoms with van der Waals surface area (Å²) in [5.41, 5.74) is 1.65. The first-order chi connectivity index (χ1) is 12.6. The summed E-state index contributed by atoms with van der Waals surface area (Å²) in [6.45, 7) is 4.42. The molecule has 2 aromatic carbocycles. The van der Waals surface area contributed by atoms with Gasteiger partial charge in [0.25, 0.3) is 5.69 Å². The van der Waals surface area contributed by atoms with E-state index in [1.807, 2.05) is 25.1 Å². The second kappa shape index (κ2) is 9.84. The van der Waals surface area contributed by atoms with Gasteiger partial charge in [0.2, 0.25) is 0 Å². The molecular formula is C18H22ClN3O4. The first-order valence-electron chi connectivity index (χ1n) is 8.24. The van der Waals surface area contributed by atoms with Crippen molar-refractivity contribution in [3.05, 3.63) is 57.1 Å². The van der Waals surface area contributed by atoms with Crippen molar-refractivity contribution in [3.63, 3.8) is 0 Å². The summed E-state index contributed by atoms with van der Waals surface area (Å²) in [5, 5.41) is 17.5. The zero-order chi connectivity index (χ0) is 18.9. The summed E-state index contributed by atoms with van der Waals surface area (Å²) in [5.74, 6) is 1.46. The first kappa shape index (κ1) is 19.8. The summed E-state index contributed by atoms with van der Waals surface area (Å²) < 4.78 is 11.0. The van der Waals surface area contributed by atoms with Crippen molar-refractivity contribution in [2.45, 2.75) is 13.5 Å². The Bertz CT molecular complexity index is 755. The molecule has 0 saturated heterocycles. The van der Waals surface area contributed by atoms with Gasteiger partial charge in [-0.25, -0.2) is 0 Å². The van der Waals surface area contributed by atoms with Gasteiger partial charge in [0.1, 0.15) is 0 Å². The lowest BCUT2D eigenvalue weighted by atomic mass is 10.2. The van der Waals surface area contributed by atoms with Gasteiger partial charge >= 0.3 is 0 Å². The fraction of sp³-hybridized carbons (Fsp3) is 0.333. The standard InChI is InChI=1S/C18H22ClN3O4/c1-3-26-18-13(5-4-6-17(18)25-2)12-20-9-10-21-16-8-7-14(22(23)24)11-15(16)19/h4-8,11,20-21H,3,9-10,12H2,1-2H3. The van der Waals surface area contributed by atoms with Crippen LogP contribution < -0.4 is 20.1 Å². The number of nitro benzene ring substituents is 1. The Hall–Kier alpha value is -2.51. The van der Waals surface area contributed by atoms with Crippen molar-refractivity contribution in [1.29, 1.82) is 0 Å². The van der Waals surface area contributed by atoms with E-state index in [0.717, 1.165) is 11.3 Å². The van der Waals surface area contributed by atoms with Crippen LogP contribution in [-0.4, -0.2) is 31.7 Å². The van der Waals surface area contributed by atoms with Crippen LogP contribution in [0.25, 0.3) is 0 Å². The maximum atomic E-state index is 10.7. The topological polar surface area (TPSA) is 85.7 Å². The third-order valence-corrected chi connectivity index (χ3v) is 3.98. The SMILES string of the molecule is CCOc1c(CNCCNc2ccc([N+](=O)[O-])cc2Cl)cccc1OC. The molecule has 0 heterocycles. The van der Waals surface area contributed by atoms with Crippen LogP contribution in [0.1, 0.15) is 12.5 Å². The van der Waals surface area contributed by atoms with Crippen molar-refractivity contribution >= 4 is 23.0 Å². The second-order valence-electron chi connectivity index (χ2n) is 5.41. The predicted molar refractivity (Wildman–Crippen MR) is 102 cm³/mol. The number of benzene rings is 2. The third kappa shape index (κ3) is 5.24. The number of hydrogen-bond acceptors (Lipinski definition) is 6. The van der Waals surface area contributed by atoms with E-state index in [4.69, 9.17) is 21.1 Å². The molecule has 0 saturated carbocycles. The van der Waals surface area contributed by atoms with Gasteiger partial charge in [0.15, 0.2) is 11.5 Å². The highest BCUT2D eigenvalue weighted by atomic mass is 35.5. The van der Waals surface area contributed by atoms with Crippen LogP contribution in [0.3, 0.4) is 0 Å². The number of rotatable bonds is 10. The minimum absolute atomic E-state index is 0.0276. The van der Waals surface area contributed by atoms with E-state index in [0.29, 0.717) is 42.7 Å². The molecule has 0 spiro atoms. The van der Waals surface area contributed by atoms with Crippen LogP contribution in [0.5, 0.6) is 11.5 Å². The molecule has 7 nitrogen and oxygen atoms in total. The molecule has 0 atom stereocenters. The van der Waals surface area contributed by atoms with E-state index in [2.05, 4.69) is 10.6 Å². The zero-order valence-electron chi connectivity index (χ0n) is 14.8. The lowest BCUT2D eigenvalue weighted by Gasteiger charge is -2.15. The van der Waals surface area contributed by atoms with Crippen LogP contribution in [0, 0.1) is 10.1 Å². The monoisotopic (exact) mass is 379 g/mol. The smallest absolute Gasteiger partial charge is 0.271 e. The van der Waals surface area contributed by atoms with E-state index >= 15 is 0 Å². The van der Waals surface area contributed by atoms with Crippen molar-refractivity contribution in [2.75, 3.05) is 32.1 Å². The van der Waals surface area contributed by atoms with Gasteiger partial charge in [-0.3, -0.25) is 10.1 Å². The van der Waals surface area contributed by atoms with Crippen molar-refractivity contribution in [3.8, 4) is 11.5 Å². The number of methoxy groups -OCH3 is 1. The average molecular weight is 380 g/mol. The molecular weight excluding hydrogens is 358 g/mol. The van der Waals surface area contributed by atoms with Crippen molar-refractivity contribution in [2.24, 2.45) is 0 Å². The Balaban J connectivity index is 1.85. The number of hydrogen-bond donors (Lipinski definition) is 2. The van der Waals surface area contributed by atoms with Gasteiger partial charge in [-0.05, 0) is 19.1 Å². The number of ether oxygens (including phenoxy) is 2. The fourth-order valence-electron chi connectivity index (χ4n) is 2.44. The maximum absolute atomic E-state index is 10.7. The summed E-state index contributed by atoms with van der Waals surface area (Å²) in [7, 11) is 1.62. The quantitative estimate of drug-likeness (QED) is 0.370. The van der Waals surface area contributed by atoms with E-state index < -0.39 is 4.92 Å². The van der Waals surface area contributed by atoms with E-state index in [1.165, 1.54) is 12.1 Å². The van der Waals surface area contributed by atoms with Crippen molar-refractivity contribution in [1.82, 2.24) is 5.32 Å². The summed E-state index contributed by atoms with van der Waals surface area (Å²) in [4.78, 5) is 10.2. The number of nitro groups is 1. The predicted octanol–water partition coefficient (Wildman–Crippen LogP) is 3.86. The molecule has 0 aliphatic carbocycles. The van der Waals surface area contributed by atoms with Crippen molar-refractivity contribution < 1.29 is 14.4 Å². The highest BCUT2D eigenvalue weighted by Crippen LogP contribution is 2.31. The van der Waals surface area contributed by atoms with Crippen LogP contribution in [0.4, 0.5) is 11.4 Å². The number of para-hydroxylation sites is 1. The Kier molecular flexibility index (Phi) is 7.50. The van der Waals surface area contributed by atoms with Crippen LogP contribution in [-0.2, 0) is 6.54 Å².